The molecule has 0 spiro atoms. The summed E-state index contributed by atoms with van der Waals surface area (Å²) in [6, 6.07) is 11.0. The first-order valence-electron chi connectivity index (χ1n) is 8.64. The van der Waals surface area contributed by atoms with Gasteiger partial charge in [0.15, 0.2) is 0 Å². The van der Waals surface area contributed by atoms with Gasteiger partial charge in [-0.05, 0) is 37.3 Å². The number of hydrogen-bond acceptors (Lipinski definition) is 5. The lowest BCUT2D eigenvalue weighted by molar-refractivity contribution is 0.0118. The average Bonchev–Trinajstić information content (AvgIpc) is 3.18. The van der Waals surface area contributed by atoms with Gasteiger partial charge in [0, 0.05) is 25.2 Å². The Morgan fingerprint density at radius 3 is 2.84 bits per heavy atom. The zero-order chi connectivity index (χ0) is 17.5. The molecule has 1 aromatic carbocycles. The zero-order valence-corrected chi connectivity index (χ0v) is 14.4. The Morgan fingerprint density at radius 1 is 1.28 bits per heavy atom. The van der Waals surface area contributed by atoms with Crippen LogP contribution in [-0.2, 0) is 4.74 Å². The van der Waals surface area contributed by atoms with Gasteiger partial charge >= 0.3 is 0 Å². The summed E-state index contributed by atoms with van der Waals surface area (Å²) in [6.07, 6.45) is 1.66. The van der Waals surface area contributed by atoms with E-state index in [1.165, 1.54) is 0 Å². The highest BCUT2D eigenvalue weighted by Crippen LogP contribution is 2.22. The smallest absolute Gasteiger partial charge is 0.251 e. The molecule has 0 saturated carbocycles. The van der Waals surface area contributed by atoms with Crippen molar-refractivity contribution in [2.45, 2.75) is 13.0 Å². The first-order chi connectivity index (χ1) is 12.3. The number of carbonyl (C=O) groups excluding carboxylic acids is 1. The van der Waals surface area contributed by atoms with Crippen molar-refractivity contribution in [1.82, 2.24) is 10.2 Å². The fourth-order valence-electron chi connectivity index (χ4n) is 2.96. The van der Waals surface area contributed by atoms with Gasteiger partial charge in [-0.25, -0.2) is 0 Å². The molecule has 1 unspecified atom stereocenters. The van der Waals surface area contributed by atoms with Crippen molar-refractivity contribution in [2.24, 2.45) is 0 Å². The number of nitrogens with one attached hydrogen (secondary N) is 1. The molecule has 0 radical (unpaired) electrons. The Kier molecular flexibility index (Phi) is 6.09. The number of benzene rings is 1. The van der Waals surface area contributed by atoms with Crippen LogP contribution in [0.1, 0.15) is 29.1 Å². The summed E-state index contributed by atoms with van der Waals surface area (Å²) < 4.78 is 16.5. The third-order valence-corrected chi connectivity index (χ3v) is 4.22. The van der Waals surface area contributed by atoms with Gasteiger partial charge in [-0.3, -0.25) is 9.69 Å². The standard InChI is InChI=1S/C19H24N2O4/c1-2-24-16-6-3-5-15(13-16)19(22)20-14-17(18-7-4-10-25-18)21-8-11-23-12-9-21/h3-7,10,13,17H,2,8-9,11-12,14H2,1H3,(H,20,22). The maximum Gasteiger partial charge on any atom is 0.251 e. The molecular formula is C19H24N2O4. The molecule has 3 rings (SSSR count). The van der Waals surface area contributed by atoms with Crippen LogP contribution in [0.5, 0.6) is 5.75 Å². The molecule has 134 valence electrons. The minimum Gasteiger partial charge on any atom is -0.494 e. The maximum absolute atomic E-state index is 12.5. The highest BCUT2D eigenvalue weighted by atomic mass is 16.5. The second-order valence-corrected chi connectivity index (χ2v) is 5.85. The molecule has 2 aromatic rings. The number of nitrogens with zero attached hydrogens (tertiary/aromatic N) is 1. The monoisotopic (exact) mass is 344 g/mol. The third-order valence-electron chi connectivity index (χ3n) is 4.22. The van der Waals surface area contributed by atoms with Gasteiger partial charge in [-0.2, -0.15) is 0 Å². The second-order valence-electron chi connectivity index (χ2n) is 5.85. The van der Waals surface area contributed by atoms with E-state index in [0.717, 1.165) is 18.8 Å². The summed E-state index contributed by atoms with van der Waals surface area (Å²) in [5, 5.41) is 3.02. The molecule has 1 amide bonds. The van der Waals surface area contributed by atoms with Gasteiger partial charge in [-0.1, -0.05) is 6.07 Å². The third kappa shape index (κ3) is 4.61. The van der Waals surface area contributed by atoms with Crippen molar-refractivity contribution in [3.63, 3.8) is 0 Å². The van der Waals surface area contributed by atoms with Crippen molar-refractivity contribution >= 4 is 5.91 Å². The first kappa shape index (κ1) is 17.5. The quantitative estimate of drug-likeness (QED) is 0.836. The molecule has 1 atom stereocenters. The lowest BCUT2D eigenvalue weighted by Crippen LogP contribution is -2.43. The van der Waals surface area contributed by atoms with E-state index in [4.69, 9.17) is 13.9 Å². The summed E-state index contributed by atoms with van der Waals surface area (Å²) in [6.45, 7) is 6.00. The lowest BCUT2D eigenvalue weighted by Gasteiger charge is -2.33. The van der Waals surface area contributed by atoms with E-state index < -0.39 is 0 Å². The van der Waals surface area contributed by atoms with E-state index in [2.05, 4.69) is 10.2 Å². The highest BCUT2D eigenvalue weighted by Gasteiger charge is 2.25. The van der Waals surface area contributed by atoms with Crippen LogP contribution in [0, 0.1) is 0 Å². The van der Waals surface area contributed by atoms with Crippen LogP contribution in [0.2, 0.25) is 0 Å². The van der Waals surface area contributed by atoms with Crippen LogP contribution >= 0.6 is 0 Å². The topological polar surface area (TPSA) is 63.9 Å². The van der Waals surface area contributed by atoms with E-state index in [9.17, 15) is 4.79 Å². The number of amides is 1. The fraction of sp³-hybridized carbons (Fsp3) is 0.421. The predicted octanol–water partition coefficient (Wildman–Crippen LogP) is 2.48. The number of ether oxygens (including phenoxy) is 2. The molecule has 1 aromatic heterocycles. The number of rotatable bonds is 7. The van der Waals surface area contributed by atoms with Gasteiger partial charge in [0.1, 0.15) is 11.5 Å². The zero-order valence-electron chi connectivity index (χ0n) is 14.4. The SMILES string of the molecule is CCOc1cccc(C(=O)NCC(c2ccco2)N2CCOCC2)c1. The molecule has 0 bridgehead atoms. The van der Waals surface area contributed by atoms with Crippen LogP contribution in [-0.4, -0.2) is 50.3 Å². The number of hydrogen-bond donors (Lipinski definition) is 1. The van der Waals surface area contributed by atoms with E-state index in [0.29, 0.717) is 37.7 Å². The summed E-state index contributed by atoms with van der Waals surface area (Å²) in [7, 11) is 0. The Bertz CT molecular complexity index is 666. The van der Waals surface area contributed by atoms with Gasteiger partial charge in [0.05, 0.1) is 32.1 Å². The normalized spacial score (nSPS) is 16.4. The Labute approximate surface area is 147 Å². The van der Waals surface area contributed by atoms with E-state index in [1.54, 1.807) is 18.4 Å². The van der Waals surface area contributed by atoms with E-state index >= 15 is 0 Å². The van der Waals surface area contributed by atoms with Crippen LogP contribution < -0.4 is 10.1 Å². The van der Waals surface area contributed by atoms with Gasteiger partial charge in [0.25, 0.3) is 5.91 Å². The molecule has 2 heterocycles. The molecule has 25 heavy (non-hydrogen) atoms. The summed E-state index contributed by atoms with van der Waals surface area (Å²) in [5.41, 5.74) is 0.589. The highest BCUT2D eigenvalue weighted by molar-refractivity contribution is 5.94. The minimum atomic E-state index is -0.119. The van der Waals surface area contributed by atoms with Gasteiger partial charge in [-0.15, -0.1) is 0 Å². The van der Waals surface area contributed by atoms with Gasteiger partial charge < -0.3 is 19.2 Å². The second kappa shape index (κ2) is 8.69. The molecule has 1 N–H and O–H groups in total. The van der Waals surface area contributed by atoms with Crippen LogP contribution in [0.15, 0.2) is 47.1 Å². The van der Waals surface area contributed by atoms with E-state index in [-0.39, 0.29) is 11.9 Å². The van der Waals surface area contributed by atoms with Crippen molar-refractivity contribution in [1.29, 1.82) is 0 Å². The first-order valence-corrected chi connectivity index (χ1v) is 8.64. The van der Waals surface area contributed by atoms with E-state index in [1.807, 2.05) is 31.2 Å². The summed E-state index contributed by atoms with van der Waals surface area (Å²) in [4.78, 5) is 14.8. The molecule has 6 nitrogen and oxygen atoms in total. The number of carbonyl (C=O) groups is 1. The average molecular weight is 344 g/mol. The maximum atomic E-state index is 12.5. The largest absolute Gasteiger partial charge is 0.494 e. The molecule has 1 aliphatic heterocycles. The van der Waals surface area contributed by atoms with Crippen molar-refractivity contribution in [2.75, 3.05) is 39.5 Å². The van der Waals surface area contributed by atoms with Crippen molar-refractivity contribution in [3.8, 4) is 5.75 Å². The van der Waals surface area contributed by atoms with Gasteiger partial charge in [0.2, 0.25) is 0 Å². The number of furan rings is 1. The molecular weight excluding hydrogens is 320 g/mol. The Hall–Kier alpha value is -2.31. The van der Waals surface area contributed by atoms with Crippen molar-refractivity contribution in [3.05, 3.63) is 54.0 Å². The Morgan fingerprint density at radius 2 is 2.12 bits per heavy atom. The Balaban J connectivity index is 1.66. The molecule has 0 aliphatic carbocycles. The lowest BCUT2D eigenvalue weighted by atomic mass is 10.1. The molecule has 6 heteroatoms. The summed E-state index contributed by atoms with van der Waals surface area (Å²) >= 11 is 0. The molecule has 1 saturated heterocycles. The molecule has 1 aliphatic rings. The molecule has 1 fully saturated rings. The minimum absolute atomic E-state index is 0.00192. The van der Waals surface area contributed by atoms with Crippen LogP contribution in [0.3, 0.4) is 0 Å². The fourth-order valence-corrected chi connectivity index (χ4v) is 2.96. The predicted molar refractivity (Wildman–Crippen MR) is 93.8 cm³/mol. The van der Waals surface area contributed by atoms with Crippen LogP contribution in [0.25, 0.3) is 0 Å². The van der Waals surface area contributed by atoms with Crippen LogP contribution in [0.4, 0.5) is 0 Å². The van der Waals surface area contributed by atoms with Crippen molar-refractivity contribution < 1.29 is 18.7 Å². The summed E-state index contributed by atoms with van der Waals surface area (Å²) in [5.74, 6) is 1.43. The number of morpholine rings is 1.